The van der Waals surface area contributed by atoms with Crippen molar-refractivity contribution in [3.05, 3.63) is 0 Å². The summed E-state index contributed by atoms with van der Waals surface area (Å²) in [6.45, 7) is 3.76. The Hall–Kier alpha value is 0.190. The molecule has 0 spiro atoms. The van der Waals surface area contributed by atoms with Gasteiger partial charge in [-0.05, 0) is 6.42 Å². The van der Waals surface area contributed by atoms with Crippen LogP contribution in [0.15, 0.2) is 0 Å². The molecule has 4 nitrogen and oxygen atoms in total. The SMILES string of the molecule is OC1(O)SCCC1N1CCNCC1. The summed E-state index contributed by atoms with van der Waals surface area (Å²) in [6, 6.07) is -0.0698. The first-order valence-electron chi connectivity index (χ1n) is 4.73. The predicted molar refractivity (Wildman–Crippen MR) is 52.5 cm³/mol. The molecule has 0 amide bonds. The lowest BCUT2D eigenvalue weighted by atomic mass is 10.1. The third kappa shape index (κ3) is 1.99. The smallest absolute Gasteiger partial charge is 0.229 e. The Bertz CT molecular complexity index is 183. The van der Waals surface area contributed by atoms with E-state index in [-0.39, 0.29) is 6.04 Å². The van der Waals surface area contributed by atoms with E-state index in [2.05, 4.69) is 10.2 Å². The molecule has 1 unspecified atom stereocenters. The molecule has 0 aromatic rings. The van der Waals surface area contributed by atoms with Gasteiger partial charge in [0.05, 0.1) is 6.04 Å². The number of nitrogens with one attached hydrogen (secondary N) is 1. The molecule has 0 aromatic carbocycles. The van der Waals surface area contributed by atoms with E-state index in [1.165, 1.54) is 11.8 Å². The maximum absolute atomic E-state index is 9.66. The van der Waals surface area contributed by atoms with E-state index in [4.69, 9.17) is 0 Å². The number of thioether (sulfide) groups is 1. The minimum absolute atomic E-state index is 0.0698. The molecule has 2 rings (SSSR count). The van der Waals surface area contributed by atoms with Gasteiger partial charge in [-0.15, -0.1) is 0 Å². The van der Waals surface area contributed by atoms with E-state index in [1.807, 2.05) is 0 Å². The Labute approximate surface area is 82.3 Å². The molecule has 2 fully saturated rings. The van der Waals surface area contributed by atoms with Crippen LogP contribution in [0.3, 0.4) is 0 Å². The molecule has 0 aliphatic carbocycles. The van der Waals surface area contributed by atoms with Gasteiger partial charge in [-0.1, -0.05) is 11.8 Å². The first kappa shape index (κ1) is 9.73. The molecule has 5 heteroatoms. The molecular formula is C8H16N2O2S. The lowest BCUT2D eigenvalue weighted by Crippen LogP contribution is -2.54. The fourth-order valence-electron chi connectivity index (χ4n) is 2.02. The average molecular weight is 204 g/mol. The number of nitrogens with zero attached hydrogens (tertiary/aromatic N) is 1. The Morgan fingerprint density at radius 1 is 1.31 bits per heavy atom. The third-order valence-electron chi connectivity index (χ3n) is 2.73. The fourth-order valence-corrected chi connectivity index (χ4v) is 3.12. The van der Waals surface area contributed by atoms with Crippen molar-refractivity contribution >= 4 is 11.8 Å². The Balaban J connectivity index is 1.98. The first-order chi connectivity index (χ1) is 6.20. The lowest BCUT2D eigenvalue weighted by Gasteiger charge is -2.36. The number of hydrogen-bond acceptors (Lipinski definition) is 5. The largest absolute Gasteiger partial charge is 0.356 e. The van der Waals surface area contributed by atoms with Crippen molar-refractivity contribution in [2.24, 2.45) is 0 Å². The van der Waals surface area contributed by atoms with Crippen molar-refractivity contribution in [1.82, 2.24) is 10.2 Å². The summed E-state index contributed by atoms with van der Waals surface area (Å²) in [5, 5.41) is 21.1. The minimum atomic E-state index is -1.52. The second-order valence-electron chi connectivity index (χ2n) is 3.60. The molecule has 0 radical (unpaired) electrons. The van der Waals surface area contributed by atoms with E-state index >= 15 is 0 Å². The quantitative estimate of drug-likeness (QED) is 0.480. The maximum atomic E-state index is 9.66. The standard InChI is InChI=1S/C8H16N2O2S/c11-8(12)7(1-6-13-8)10-4-2-9-3-5-10/h7,9,11-12H,1-6H2. The maximum Gasteiger partial charge on any atom is 0.229 e. The molecule has 2 aliphatic rings. The van der Waals surface area contributed by atoms with Crippen molar-refractivity contribution in [3.63, 3.8) is 0 Å². The van der Waals surface area contributed by atoms with Gasteiger partial charge in [-0.2, -0.15) is 0 Å². The molecule has 13 heavy (non-hydrogen) atoms. The number of aliphatic hydroxyl groups is 2. The van der Waals surface area contributed by atoms with Crippen LogP contribution in [0, 0.1) is 0 Å². The lowest BCUT2D eigenvalue weighted by molar-refractivity contribution is -0.128. The van der Waals surface area contributed by atoms with Gasteiger partial charge in [0.15, 0.2) is 0 Å². The topological polar surface area (TPSA) is 55.7 Å². The van der Waals surface area contributed by atoms with E-state index in [0.717, 1.165) is 38.4 Å². The summed E-state index contributed by atoms with van der Waals surface area (Å²) in [5.41, 5.74) is 0. The number of hydrogen-bond donors (Lipinski definition) is 3. The van der Waals surface area contributed by atoms with E-state index < -0.39 is 5.12 Å². The van der Waals surface area contributed by atoms with Crippen LogP contribution in [-0.2, 0) is 0 Å². The van der Waals surface area contributed by atoms with Crippen molar-refractivity contribution in [2.45, 2.75) is 17.6 Å². The van der Waals surface area contributed by atoms with Crippen LogP contribution in [0.25, 0.3) is 0 Å². The third-order valence-corrected chi connectivity index (χ3v) is 3.87. The normalized spacial score (nSPS) is 35.1. The highest BCUT2D eigenvalue weighted by Gasteiger charge is 2.43. The molecule has 1 atom stereocenters. The van der Waals surface area contributed by atoms with Crippen molar-refractivity contribution in [3.8, 4) is 0 Å². The molecule has 3 N–H and O–H groups in total. The highest BCUT2D eigenvalue weighted by atomic mass is 32.2. The molecule has 0 bridgehead atoms. The summed E-state index contributed by atoms with van der Waals surface area (Å²) in [6.07, 6.45) is 0.887. The zero-order valence-corrected chi connectivity index (χ0v) is 8.39. The molecule has 76 valence electrons. The average Bonchev–Trinajstić information content (AvgIpc) is 2.47. The molecular weight excluding hydrogens is 188 g/mol. The Morgan fingerprint density at radius 3 is 2.54 bits per heavy atom. The van der Waals surface area contributed by atoms with Gasteiger partial charge in [0.1, 0.15) is 0 Å². The van der Waals surface area contributed by atoms with Gasteiger partial charge in [-0.25, -0.2) is 0 Å². The fraction of sp³-hybridized carbons (Fsp3) is 1.00. The number of rotatable bonds is 1. The zero-order valence-electron chi connectivity index (χ0n) is 7.57. The second-order valence-corrected chi connectivity index (χ2v) is 4.90. The summed E-state index contributed by atoms with van der Waals surface area (Å²) in [7, 11) is 0. The first-order valence-corrected chi connectivity index (χ1v) is 5.72. The zero-order chi connectivity index (χ0) is 9.31. The molecule has 2 aliphatic heterocycles. The monoisotopic (exact) mass is 204 g/mol. The highest BCUT2D eigenvalue weighted by Crippen LogP contribution is 2.36. The highest BCUT2D eigenvalue weighted by molar-refractivity contribution is 8.00. The van der Waals surface area contributed by atoms with Crippen LogP contribution in [0.1, 0.15) is 6.42 Å². The van der Waals surface area contributed by atoms with Crippen LogP contribution in [-0.4, -0.2) is 58.2 Å². The van der Waals surface area contributed by atoms with Crippen molar-refractivity contribution < 1.29 is 10.2 Å². The van der Waals surface area contributed by atoms with Gasteiger partial charge in [0, 0.05) is 31.9 Å². The van der Waals surface area contributed by atoms with Gasteiger partial charge < -0.3 is 15.5 Å². The number of piperazine rings is 1. The van der Waals surface area contributed by atoms with Crippen molar-refractivity contribution in [2.75, 3.05) is 31.9 Å². The van der Waals surface area contributed by atoms with E-state index in [9.17, 15) is 10.2 Å². The van der Waals surface area contributed by atoms with Gasteiger partial charge in [-0.3, -0.25) is 4.90 Å². The predicted octanol–water partition coefficient (Wildman–Crippen LogP) is -0.964. The minimum Gasteiger partial charge on any atom is -0.356 e. The van der Waals surface area contributed by atoms with Gasteiger partial charge in [0.2, 0.25) is 5.12 Å². The molecule has 2 heterocycles. The van der Waals surface area contributed by atoms with E-state index in [0.29, 0.717) is 0 Å². The Kier molecular flexibility index (Phi) is 2.80. The van der Waals surface area contributed by atoms with Crippen LogP contribution < -0.4 is 5.32 Å². The molecule has 0 saturated carbocycles. The summed E-state index contributed by atoms with van der Waals surface area (Å²) in [4.78, 5) is 2.18. The molecule has 0 aromatic heterocycles. The van der Waals surface area contributed by atoms with Crippen LogP contribution in [0.2, 0.25) is 0 Å². The second kappa shape index (κ2) is 3.74. The van der Waals surface area contributed by atoms with Crippen LogP contribution >= 0.6 is 11.8 Å². The van der Waals surface area contributed by atoms with E-state index in [1.54, 1.807) is 0 Å². The van der Waals surface area contributed by atoms with Gasteiger partial charge >= 0.3 is 0 Å². The summed E-state index contributed by atoms with van der Waals surface area (Å²) >= 11 is 1.25. The van der Waals surface area contributed by atoms with Crippen molar-refractivity contribution in [1.29, 1.82) is 0 Å². The summed E-state index contributed by atoms with van der Waals surface area (Å²) in [5.74, 6) is 0.849. The molecule has 2 saturated heterocycles. The summed E-state index contributed by atoms with van der Waals surface area (Å²) < 4.78 is 0. The van der Waals surface area contributed by atoms with Crippen LogP contribution in [0.5, 0.6) is 0 Å². The Morgan fingerprint density at radius 2 is 2.00 bits per heavy atom. The van der Waals surface area contributed by atoms with Crippen LogP contribution in [0.4, 0.5) is 0 Å². The van der Waals surface area contributed by atoms with Gasteiger partial charge in [0.25, 0.3) is 0 Å².